The monoisotopic (exact) mass is 292 g/mol. The molecule has 1 fully saturated rings. The standard InChI is InChI=1S/C14H13BrO2/c15-11-5-3-8(4-6-11)12-9-1-2-10(7-9)13(12)14(16)17/h1-6,9-10,12-13H,7H2,(H,16,17). The van der Waals surface area contributed by atoms with Crippen molar-refractivity contribution >= 4 is 21.9 Å². The number of aliphatic carboxylic acids is 1. The summed E-state index contributed by atoms with van der Waals surface area (Å²) >= 11 is 3.41. The van der Waals surface area contributed by atoms with Crippen LogP contribution in [-0.2, 0) is 4.79 Å². The van der Waals surface area contributed by atoms with Crippen molar-refractivity contribution < 1.29 is 9.90 Å². The molecule has 2 nitrogen and oxygen atoms in total. The predicted octanol–water partition coefficient (Wildman–Crippen LogP) is 3.44. The fourth-order valence-electron chi connectivity index (χ4n) is 3.30. The predicted molar refractivity (Wildman–Crippen MR) is 68.7 cm³/mol. The van der Waals surface area contributed by atoms with Gasteiger partial charge in [0.25, 0.3) is 0 Å². The first-order valence-electron chi connectivity index (χ1n) is 5.83. The Kier molecular flexibility index (Phi) is 2.58. The van der Waals surface area contributed by atoms with E-state index in [1.165, 1.54) is 0 Å². The molecular formula is C14H13BrO2. The molecule has 0 aliphatic heterocycles. The number of hydrogen-bond donors (Lipinski definition) is 1. The van der Waals surface area contributed by atoms with Gasteiger partial charge in [-0.05, 0) is 36.0 Å². The van der Waals surface area contributed by atoms with Crippen molar-refractivity contribution in [2.24, 2.45) is 17.8 Å². The molecule has 2 aliphatic carbocycles. The first-order valence-corrected chi connectivity index (χ1v) is 6.62. The van der Waals surface area contributed by atoms with E-state index in [4.69, 9.17) is 0 Å². The molecule has 0 spiro atoms. The summed E-state index contributed by atoms with van der Waals surface area (Å²) < 4.78 is 1.03. The van der Waals surface area contributed by atoms with E-state index in [0.717, 1.165) is 16.5 Å². The van der Waals surface area contributed by atoms with Crippen LogP contribution in [0, 0.1) is 17.8 Å². The first-order chi connectivity index (χ1) is 8.16. The Morgan fingerprint density at radius 3 is 2.47 bits per heavy atom. The maximum atomic E-state index is 11.4. The molecule has 0 heterocycles. The third-order valence-electron chi connectivity index (χ3n) is 4.00. The molecule has 2 bridgehead atoms. The topological polar surface area (TPSA) is 37.3 Å². The van der Waals surface area contributed by atoms with Crippen molar-refractivity contribution in [2.75, 3.05) is 0 Å². The van der Waals surface area contributed by atoms with Crippen molar-refractivity contribution in [1.82, 2.24) is 0 Å². The maximum Gasteiger partial charge on any atom is 0.307 e. The molecule has 3 rings (SSSR count). The molecule has 88 valence electrons. The number of carboxylic acid groups (broad SMARTS) is 1. The average Bonchev–Trinajstić information content (AvgIpc) is 2.89. The fraction of sp³-hybridized carbons (Fsp3) is 0.357. The van der Waals surface area contributed by atoms with Gasteiger partial charge in [-0.1, -0.05) is 40.2 Å². The normalized spacial score (nSPS) is 34.2. The van der Waals surface area contributed by atoms with E-state index in [2.05, 4.69) is 28.1 Å². The van der Waals surface area contributed by atoms with Crippen LogP contribution in [0.2, 0.25) is 0 Å². The Labute approximate surface area is 108 Å². The molecule has 1 aromatic rings. The van der Waals surface area contributed by atoms with Crippen LogP contribution in [0.5, 0.6) is 0 Å². The lowest BCUT2D eigenvalue weighted by molar-refractivity contribution is -0.143. The number of carboxylic acids is 1. The van der Waals surface area contributed by atoms with Crippen LogP contribution in [0.1, 0.15) is 17.9 Å². The van der Waals surface area contributed by atoms with E-state index in [-0.39, 0.29) is 17.8 Å². The van der Waals surface area contributed by atoms with Crippen LogP contribution in [0.4, 0.5) is 0 Å². The molecule has 4 atom stereocenters. The minimum absolute atomic E-state index is 0.149. The summed E-state index contributed by atoms with van der Waals surface area (Å²) in [4.78, 5) is 11.4. The van der Waals surface area contributed by atoms with Gasteiger partial charge in [-0.25, -0.2) is 0 Å². The Hall–Kier alpha value is -1.09. The van der Waals surface area contributed by atoms with Gasteiger partial charge >= 0.3 is 5.97 Å². The van der Waals surface area contributed by atoms with Gasteiger partial charge in [0.05, 0.1) is 5.92 Å². The van der Waals surface area contributed by atoms with Gasteiger partial charge in [-0.15, -0.1) is 0 Å². The second kappa shape index (κ2) is 3.98. The lowest BCUT2D eigenvalue weighted by Gasteiger charge is -2.25. The van der Waals surface area contributed by atoms with Gasteiger partial charge in [-0.3, -0.25) is 4.79 Å². The average molecular weight is 293 g/mol. The largest absolute Gasteiger partial charge is 0.481 e. The zero-order chi connectivity index (χ0) is 12.0. The van der Waals surface area contributed by atoms with Gasteiger partial charge < -0.3 is 5.11 Å². The van der Waals surface area contributed by atoms with Gasteiger partial charge in [-0.2, -0.15) is 0 Å². The quantitative estimate of drug-likeness (QED) is 0.848. The van der Waals surface area contributed by atoms with Crippen molar-refractivity contribution in [3.05, 3.63) is 46.5 Å². The van der Waals surface area contributed by atoms with Crippen molar-refractivity contribution in [3.8, 4) is 0 Å². The molecule has 1 saturated carbocycles. The lowest BCUT2D eigenvalue weighted by atomic mass is 9.78. The molecule has 4 unspecified atom stereocenters. The lowest BCUT2D eigenvalue weighted by Crippen LogP contribution is -2.25. The van der Waals surface area contributed by atoms with Crippen molar-refractivity contribution in [3.63, 3.8) is 0 Å². The Bertz CT molecular complexity index is 478. The maximum absolute atomic E-state index is 11.4. The number of halogens is 1. The van der Waals surface area contributed by atoms with Crippen LogP contribution in [0.15, 0.2) is 40.9 Å². The zero-order valence-electron chi connectivity index (χ0n) is 9.21. The van der Waals surface area contributed by atoms with Gasteiger partial charge in [0.15, 0.2) is 0 Å². The molecular weight excluding hydrogens is 280 g/mol. The Morgan fingerprint density at radius 2 is 1.82 bits per heavy atom. The number of fused-ring (bicyclic) bond motifs is 2. The fourth-order valence-corrected chi connectivity index (χ4v) is 3.56. The molecule has 17 heavy (non-hydrogen) atoms. The van der Waals surface area contributed by atoms with Crippen LogP contribution < -0.4 is 0 Å². The van der Waals surface area contributed by atoms with E-state index in [0.29, 0.717) is 5.92 Å². The Balaban J connectivity index is 1.99. The van der Waals surface area contributed by atoms with Gasteiger partial charge in [0.1, 0.15) is 0 Å². The van der Waals surface area contributed by atoms with Crippen LogP contribution in [0.25, 0.3) is 0 Å². The number of allylic oxidation sites excluding steroid dienone is 2. The van der Waals surface area contributed by atoms with Crippen LogP contribution in [-0.4, -0.2) is 11.1 Å². The molecule has 0 radical (unpaired) electrons. The SMILES string of the molecule is O=C(O)C1C2C=CC(C2)C1c1ccc(Br)cc1. The first kappa shape index (κ1) is 11.0. The molecule has 2 aliphatic rings. The number of benzene rings is 1. The molecule has 1 aromatic carbocycles. The molecule has 0 saturated heterocycles. The van der Waals surface area contributed by atoms with Crippen molar-refractivity contribution in [2.45, 2.75) is 12.3 Å². The highest BCUT2D eigenvalue weighted by molar-refractivity contribution is 9.10. The third-order valence-corrected chi connectivity index (χ3v) is 4.53. The summed E-state index contributed by atoms with van der Waals surface area (Å²) in [7, 11) is 0. The number of carbonyl (C=O) groups is 1. The minimum Gasteiger partial charge on any atom is -0.481 e. The van der Waals surface area contributed by atoms with Gasteiger partial charge in [0, 0.05) is 10.4 Å². The number of rotatable bonds is 2. The summed E-state index contributed by atoms with van der Waals surface area (Å²) in [5.74, 6) is -0.120. The van der Waals surface area contributed by atoms with E-state index < -0.39 is 5.97 Å². The molecule has 1 N–H and O–H groups in total. The summed E-state index contributed by atoms with van der Waals surface area (Å²) in [6, 6.07) is 8.06. The molecule has 0 amide bonds. The second-order valence-corrected chi connectivity index (χ2v) is 5.81. The summed E-state index contributed by atoms with van der Waals surface area (Å²) in [5, 5.41) is 9.38. The minimum atomic E-state index is -0.658. The highest BCUT2D eigenvalue weighted by Gasteiger charge is 2.48. The van der Waals surface area contributed by atoms with E-state index in [1.807, 2.05) is 24.3 Å². The van der Waals surface area contributed by atoms with E-state index >= 15 is 0 Å². The van der Waals surface area contributed by atoms with Crippen molar-refractivity contribution in [1.29, 1.82) is 0 Å². The van der Waals surface area contributed by atoms with Gasteiger partial charge in [0.2, 0.25) is 0 Å². The smallest absolute Gasteiger partial charge is 0.307 e. The molecule has 0 aromatic heterocycles. The second-order valence-electron chi connectivity index (χ2n) is 4.89. The third kappa shape index (κ3) is 1.73. The zero-order valence-corrected chi connectivity index (χ0v) is 10.8. The van der Waals surface area contributed by atoms with Crippen LogP contribution >= 0.6 is 15.9 Å². The molecule has 3 heteroatoms. The highest BCUT2D eigenvalue weighted by atomic mass is 79.9. The van der Waals surface area contributed by atoms with E-state index in [9.17, 15) is 9.90 Å². The summed E-state index contributed by atoms with van der Waals surface area (Å²) in [6.45, 7) is 0. The summed E-state index contributed by atoms with van der Waals surface area (Å²) in [6.07, 6.45) is 5.27. The van der Waals surface area contributed by atoms with Crippen LogP contribution in [0.3, 0.4) is 0 Å². The van der Waals surface area contributed by atoms with E-state index in [1.54, 1.807) is 0 Å². The Morgan fingerprint density at radius 1 is 1.18 bits per heavy atom. The summed E-state index contributed by atoms with van der Waals surface area (Å²) in [5.41, 5.74) is 1.15. The highest BCUT2D eigenvalue weighted by Crippen LogP contribution is 2.53. The number of hydrogen-bond acceptors (Lipinski definition) is 1.